The predicted molar refractivity (Wildman–Crippen MR) is 77.3 cm³/mol. The third kappa shape index (κ3) is 7.34. The Balaban J connectivity index is 1.95. The number of unbranched alkanes of at least 4 members (excludes halogenated alkanes) is 5. The van der Waals surface area contributed by atoms with E-state index in [1.807, 2.05) is 0 Å². The van der Waals surface area contributed by atoms with Gasteiger partial charge in [0.2, 0.25) is 0 Å². The molecule has 18 heavy (non-hydrogen) atoms. The molecule has 0 spiro atoms. The van der Waals surface area contributed by atoms with Gasteiger partial charge in [-0.15, -0.1) is 0 Å². The van der Waals surface area contributed by atoms with Crippen molar-refractivity contribution in [2.45, 2.75) is 89.7 Å². The van der Waals surface area contributed by atoms with Crippen LogP contribution in [0.15, 0.2) is 0 Å². The first-order valence-electron chi connectivity index (χ1n) is 7.94. The molecule has 1 aliphatic rings. The van der Waals surface area contributed by atoms with Gasteiger partial charge >= 0.3 is 0 Å². The number of hydrogen-bond donors (Lipinski definition) is 2. The van der Waals surface area contributed by atoms with E-state index in [-0.39, 0.29) is 0 Å². The lowest BCUT2D eigenvalue weighted by atomic mass is 10.0. The average molecular weight is 256 g/mol. The summed E-state index contributed by atoms with van der Waals surface area (Å²) in [6.45, 7) is 3.22. The molecule has 3 nitrogen and oxygen atoms in total. The summed E-state index contributed by atoms with van der Waals surface area (Å²) in [5, 5.41) is 0. The van der Waals surface area contributed by atoms with Crippen molar-refractivity contribution in [3.63, 3.8) is 0 Å². The van der Waals surface area contributed by atoms with Crippen molar-refractivity contribution < 1.29 is 4.74 Å². The van der Waals surface area contributed by atoms with Crippen molar-refractivity contribution >= 4 is 0 Å². The maximum atomic E-state index is 5.65. The molecule has 0 aliphatic carbocycles. The Morgan fingerprint density at radius 1 is 1.17 bits per heavy atom. The minimum Gasteiger partial charge on any atom is -0.378 e. The normalized spacial score (nSPS) is 21.3. The fourth-order valence-corrected chi connectivity index (χ4v) is 2.74. The van der Waals surface area contributed by atoms with Gasteiger partial charge in [-0.25, -0.2) is 0 Å². The van der Waals surface area contributed by atoms with Crippen LogP contribution in [0.5, 0.6) is 0 Å². The van der Waals surface area contributed by atoms with E-state index in [1.54, 1.807) is 0 Å². The molecule has 108 valence electrons. The number of hydrazine groups is 1. The van der Waals surface area contributed by atoms with Crippen LogP contribution in [0.3, 0.4) is 0 Å². The van der Waals surface area contributed by atoms with E-state index in [1.165, 1.54) is 64.2 Å². The highest BCUT2D eigenvalue weighted by atomic mass is 16.5. The van der Waals surface area contributed by atoms with Crippen LogP contribution in [-0.4, -0.2) is 18.8 Å². The SMILES string of the molecule is CCCCCCCCC(CCC1CCCO1)NN. The molecule has 3 N–H and O–H groups in total. The van der Waals surface area contributed by atoms with Crippen molar-refractivity contribution in [1.29, 1.82) is 0 Å². The maximum absolute atomic E-state index is 5.65. The summed E-state index contributed by atoms with van der Waals surface area (Å²) >= 11 is 0. The maximum Gasteiger partial charge on any atom is 0.0576 e. The zero-order valence-electron chi connectivity index (χ0n) is 12.1. The van der Waals surface area contributed by atoms with Crippen molar-refractivity contribution in [3.8, 4) is 0 Å². The van der Waals surface area contributed by atoms with Crippen LogP contribution in [0.4, 0.5) is 0 Å². The Kier molecular flexibility index (Phi) is 9.54. The third-order valence-electron chi connectivity index (χ3n) is 4.00. The van der Waals surface area contributed by atoms with Crippen molar-refractivity contribution in [3.05, 3.63) is 0 Å². The van der Waals surface area contributed by atoms with Gasteiger partial charge in [0.1, 0.15) is 0 Å². The standard InChI is InChI=1S/C15H32N2O/c1-2-3-4-5-6-7-9-14(17-16)11-12-15-10-8-13-18-15/h14-15,17H,2-13,16H2,1H3. The summed E-state index contributed by atoms with van der Waals surface area (Å²) in [6, 6.07) is 0.486. The van der Waals surface area contributed by atoms with Crippen molar-refractivity contribution in [2.75, 3.05) is 6.61 Å². The molecule has 1 heterocycles. The highest BCUT2D eigenvalue weighted by molar-refractivity contribution is 4.70. The van der Waals surface area contributed by atoms with Crippen LogP contribution in [0.1, 0.15) is 77.6 Å². The van der Waals surface area contributed by atoms with Gasteiger partial charge in [-0.05, 0) is 32.1 Å². The third-order valence-corrected chi connectivity index (χ3v) is 4.00. The number of hydrogen-bond acceptors (Lipinski definition) is 3. The van der Waals surface area contributed by atoms with Gasteiger partial charge in [0.25, 0.3) is 0 Å². The lowest BCUT2D eigenvalue weighted by molar-refractivity contribution is 0.0992. The molecular formula is C15H32N2O. The van der Waals surface area contributed by atoms with Crippen LogP contribution >= 0.6 is 0 Å². The van der Waals surface area contributed by atoms with E-state index < -0.39 is 0 Å². The monoisotopic (exact) mass is 256 g/mol. The Morgan fingerprint density at radius 2 is 1.94 bits per heavy atom. The number of nitrogens with one attached hydrogen (secondary N) is 1. The second kappa shape index (κ2) is 10.8. The molecule has 1 fully saturated rings. The number of ether oxygens (including phenoxy) is 1. The zero-order chi connectivity index (χ0) is 13.1. The first-order chi connectivity index (χ1) is 8.86. The molecule has 1 rings (SSSR count). The molecular weight excluding hydrogens is 224 g/mol. The van der Waals surface area contributed by atoms with Crippen LogP contribution in [0.2, 0.25) is 0 Å². The van der Waals surface area contributed by atoms with Gasteiger partial charge in [0, 0.05) is 12.6 Å². The molecule has 0 aromatic rings. The summed E-state index contributed by atoms with van der Waals surface area (Å²) < 4.78 is 5.65. The van der Waals surface area contributed by atoms with Gasteiger partial charge in [-0.3, -0.25) is 11.3 Å². The van der Waals surface area contributed by atoms with Crippen LogP contribution in [0, 0.1) is 0 Å². The second-order valence-corrected chi connectivity index (χ2v) is 5.63. The summed E-state index contributed by atoms with van der Waals surface area (Å²) in [6.07, 6.45) is 14.7. The fraction of sp³-hybridized carbons (Fsp3) is 1.00. The Bertz CT molecular complexity index is 181. The molecule has 0 radical (unpaired) electrons. The molecule has 1 aliphatic heterocycles. The largest absolute Gasteiger partial charge is 0.378 e. The van der Waals surface area contributed by atoms with Gasteiger partial charge in [-0.2, -0.15) is 0 Å². The summed E-state index contributed by atoms with van der Waals surface area (Å²) in [5.74, 6) is 5.63. The van der Waals surface area contributed by atoms with Crippen molar-refractivity contribution in [1.82, 2.24) is 5.43 Å². The minimum absolute atomic E-state index is 0.486. The zero-order valence-corrected chi connectivity index (χ0v) is 12.1. The second-order valence-electron chi connectivity index (χ2n) is 5.63. The highest BCUT2D eigenvalue weighted by Gasteiger charge is 2.17. The molecule has 1 saturated heterocycles. The van der Waals surface area contributed by atoms with E-state index in [0.717, 1.165) is 13.0 Å². The van der Waals surface area contributed by atoms with E-state index in [2.05, 4.69) is 12.3 Å². The van der Waals surface area contributed by atoms with E-state index >= 15 is 0 Å². The Labute approximate surface area is 113 Å². The van der Waals surface area contributed by atoms with E-state index in [9.17, 15) is 0 Å². The molecule has 0 aromatic heterocycles. The predicted octanol–water partition coefficient (Wildman–Crippen LogP) is 3.53. The van der Waals surface area contributed by atoms with Gasteiger partial charge in [0.05, 0.1) is 6.10 Å². The van der Waals surface area contributed by atoms with E-state index in [0.29, 0.717) is 12.1 Å². The molecule has 2 unspecified atom stereocenters. The van der Waals surface area contributed by atoms with E-state index in [4.69, 9.17) is 10.6 Å². The van der Waals surface area contributed by atoms with Gasteiger partial charge < -0.3 is 4.74 Å². The molecule has 2 atom stereocenters. The van der Waals surface area contributed by atoms with Gasteiger partial charge in [-0.1, -0.05) is 45.4 Å². The Morgan fingerprint density at radius 3 is 2.61 bits per heavy atom. The highest BCUT2D eigenvalue weighted by Crippen LogP contribution is 2.19. The van der Waals surface area contributed by atoms with Crippen LogP contribution in [-0.2, 0) is 4.74 Å². The lowest BCUT2D eigenvalue weighted by Gasteiger charge is -2.17. The molecule has 0 saturated carbocycles. The van der Waals surface area contributed by atoms with Crippen LogP contribution in [0.25, 0.3) is 0 Å². The lowest BCUT2D eigenvalue weighted by Crippen LogP contribution is -2.35. The molecule has 0 amide bonds. The van der Waals surface area contributed by atoms with Crippen molar-refractivity contribution in [2.24, 2.45) is 5.84 Å². The smallest absolute Gasteiger partial charge is 0.0576 e. The Hall–Kier alpha value is -0.120. The summed E-state index contributed by atoms with van der Waals surface area (Å²) in [5.41, 5.74) is 2.97. The minimum atomic E-state index is 0.486. The topological polar surface area (TPSA) is 47.3 Å². The molecule has 0 aromatic carbocycles. The average Bonchev–Trinajstić information content (AvgIpc) is 2.90. The number of nitrogens with two attached hydrogens (primary N) is 1. The summed E-state index contributed by atoms with van der Waals surface area (Å²) in [7, 11) is 0. The first-order valence-corrected chi connectivity index (χ1v) is 7.94. The van der Waals surface area contributed by atoms with Gasteiger partial charge in [0.15, 0.2) is 0 Å². The quantitative estimate of drug-likeness (QED) is 0.338. The molecule has 3 heteroatoms. The first kappa shape index (κ1) is 15.9. The summed E-state index contributed by atoms with van der Waals surface area (Å²) in [4.78, 5) is 0. The number of rotatable bonds is 11. The van der Waals surface area contributed by atoms with Crippen LogP contribution < -0.4 is 11.3 Å². The fourth-order valence-electron chi connectivity index (χ4n) is 2.74. The molecule has 0 bridgehead atoms.